The number of carbonyl (C=O) groups excluding carboxylic acids is 2. The van der Waals surface area contributed by atoms with Crippen LogP contribution in [0.15, 0.2) is 0 Å². The van der Waals surface area contributed by atoms with Crippen LogP contribution in [0.25, 0.3) is 0 Å². The average Bonchev–Trinajstić information content (AvgIpc) is 2.97. The minimum atomic E-state index is -0.536. The fourth-order valence-corrected chi connectivity index (χ4v) is 3.10. The minimum Gasteiger partial charge on any atom is -0.340 e. The van der Waals surface area contributed by atoms with Crippen molar-refractivity contribution in [3.8, 4) is 0 Å². The van der Waals surface area contributed by atoms with E-state index in [0.29, 0.717) is 6.04 Å². The van der Waals surface area contributed by atoms with Gasteiger partial charge >= 0.3 is 0 Å². The normalized spacial score (nSPS) is 33.3. The Balaban J connectivity index is 1.92. The van der Waals surface area contributed by atoms with Crippen molar-refractivity contribution in [2.75, 3.05) is 0 Å². The maximum Gasteiger partial charge on any atom is 0.249 e. The van der Waals surface area contributed by atoms with E-state index in [0.717, 1.165) is 38.5 Å². The highest BCUT2D eigenvalue weighted by atomic mass is 16.2. The summed E-state index contributed by atoms with van der Waals surface area (Å²) in [4.78, 5) is 26.3. The third-order valence-electron chi connectivity index (χ3n) is 4.20. The summed E-state index contributed by atoms with van der Waals surface area (Å²) in [5.41, 5.74) is -0.536. The van der Waals surface area contributed by atoms with Gasteiger partial charge in [0.1, 0.15) is 11.6 Å². The maximum absolute atomic E-state index is 12.5. The molecule has 1 spiro atoms. The van der Waals surface area contributed by atoms with Crippen molar-refractivity contribution in [3.63, 3.8) is 0 Å². The fourth-order valence-electron chi connectivity index (χ4n) is 3.10. The predicted octanol–water partition coefficient (Wildman–Crippen LogP) is 0.808. The molecule has 1 N–H and O–H groups in total. The topological polar surface area (TPSA) is 49.4 Å². The smallest absolute Gasteiger partial charge is 0.249 e. The van der Waals surface area contributed by atoms with E-state index in [4.69, 9.17) is 0 Å². The first-order valence-corrected chi connectivity index (χ1v) is 6.29. The molecule has 3 aliphatic rings. The van der Waals surface area contributed by atoms with Gasteiger partial charge in [-0.3, -0.25) is 9.59 Å². The van der Waals surface area contributed by atoms with Gasteiger partial charge in [0.15, 0.2) is 0 Å². The van der Waals surface area contributed by atoms with E-state index in [1.807, 2.05) is 11.8 Å². The van der Waals surface area contributed by atoms with Gasteiger partial charge in [0, 0.05) is 6.04 Å². The van der Waals surface area contributed by atoms with Crippen LogP contribution in [-0.4, -0.2) is 34.3 Å². The van der Waals surface area contributed by atoms with Gasteiger partial charge in [-0.05, 0) is 32.6 Å². The summed E-state index contributed by atoms with van der Waals surface area (Å²) >= 11 is 0. The zero-order valence-corrected chi connectivity index (χ0v) is 9.66. The van der Waals surface area contributed by atoms with Gasteiger partial charge in [0.05, 0.1) is 0 Å². The number of hydrogen-bond acceptors (Lipinski definition) is 2. The Hall–Kier alpha value is -1.06. The molecule has 2 saturated carbocycles. The van der Waals surface area contributed by atoms with Gasteiger partial charge in [0.25, 0.3) is 0 Å². The van der Waals surface area contributed by atoms with E-state index in [9.17, 15) is 9.59 Å². The Morgan fingerprint density at radius 2 is 1.88 bits per heavy atom. The molecular formula is C12H18N2O2. The summed E-state index contributed by atoms with van der Waals surface area (Å²) in [7, 11) is 0. The molecule has 4 heteroatoms. The van der Waals surface area contributed by atoms with Crippen LogP contribution in [0.5, 0.6) is 0 Å². The molecule has 0 bridgehead atoms. The Kier molecular flexibility index (Phi) is 2.03. The van der Waals surface area contributed by atoms with Crippen LogP contribution >= 0.6 is 0 Å². The Labute approximate surface area is 95.4 Å². The van der Waals surface area contributed by atoms with E-state index < -0.39 is 5.54 Å². The molecule has 0 aromatic rings. The van der Waals surface area contributed by atoms with Crippen LogP contribution in [0.3, 0.4) is 0 Å². The first-order valence-electron chi connectivity index (χ1n) is 6.29. The van der Waals surface area contributed by atoms with Gasteiger partial charge in [-0.2, -0.15) is 0 Å². The predicted molar refractivity (Wildman–Crippen MR) is 58.7 cm³/mol. The van der Waals surface area contributed by atoms with Gasteiger partial charge < -0.3 is 10.2 Å². The number of amides is 2. The molecule has 0 aromatic carbocycles. The van der Waals surface area contributed by atoms with Gasteiger partial charge in [-0.15, -0.1) is 0 Å². The largest absolute Gasteiger partial charge is 0.340 e. The highest BCUT2D eigenvalue weighted by Crippen LogP contribution is 2.39. The van der Waals surface area contributed by atoms with E-state index in [1.54, 1.807) is 0 Å². The lowest BCUT2D eigenvalue weighted by Gasteiger charge is -2.43. The average molecular weight is 222 g/mol. The first kappa shape index (κ1) is 10.1. The molecule has 3 rings (SSSR count). The number of carbonyl (C=O) groups is 2. The molecule has 1 saturated heterocycles. The quantitative estimate of drug-likeness (QED) is 0.713. The summed E-state index contributed by atoms with van der Waals surface area (Å²) in [5, 5.41) is 2.97. The maximum atomic E-state index is 12.5. The standard InChI is InChI=1S/C12H18N2O2/c1-8-10(15)13-12(6-2-3-7-12)11(16)14(8)9-4-5-9/h8-9H,2-7H2,1H3,(H,13,15). The second kappa shape index (κ2) is 3.22. The molecule has 1 heterocycles. The Bertz CT molecular complexity index is 343. The molecule has 0 radical (unpaired) electrons. The summed E-state index contributed by atoms with van der Waals surface area (Å²) in [6.07, 6.45) is 5.90. The zero-order valence-electron chi connectivity index (χ0n) is 9.66. The monoisotopic (exact) mass is 222 g/mol. The number of piperazine rings is 1. The minimum absolute atomic E-state index is 0.0356. The molecule has 1 unspecified atom stereocenters. The number of hydrogen-bond donors (Lipinski definition) is 1. The molecule has 2 amide bonds. The number of nitrogens with one attached hydrogen (secondary N) is 1. The fraction of sp³-hybridized carbons (Fsp3) is 0.833. The van der Waals surface area contributed by atoms with E-state index in [1.165, 1.54) is 0 Å². The second-order valence-electron chi connectivity index (χ2n) is 5.40. The van der Waals surface area contributed by atoms with Crippen molar-refractivity contribution in [2.24, 2.45) is 0 Å². The van der Waals surface area contributed by atoms with Crippen LogP contribution in [0.4, 0.5) is 0 Å². The van der Waals surface area contributed by atoms with Crippen LogP contribution in [0, 0.1) is 0 Å². The van der Waals surface area contributed by atoms with Crippen molar-refractivity contribution >= 4 is 11.8 Å². The van der Waals surface area contributed by atoms with E-state index in [2.05, 4.69) is 5.32 Å². The molecule has 2 aliphatic carbocycles. The van der Waals surface area contributed by atoms with Crippen molar-refractivity contribution in [3.05, 3.63) is 0 Å². The molecule has 1 aliphatic heterocycles. The lowest BCUT2D eigenvalue weighted by Crippen LogP contribution is -2.69. The number of nitrogens with zero attached hydrogens (tertiary/aromatic N) is 1. The van der Waals surface area contributed by atoms with E-state index >= 15 is 0 Å². The van der Waals surface area contributed by atoms with Crippen LogP contribution in [0.1, 0.15) is 45.4 Å². The lowest BCUT2D eigenvalue weighted by molar-refractivity contribution is -0.154. The SMILES string of the molecule is CC1C(=O)NC2(CCCC2)C(=O)N1C1CC1. The highest BCUT2D eigenvalue weighted by molar-refractivity contribution is 6.00. The Morgan fingerprint density at radius 1 is 1.25 bits per heavy atom. The second-order valence-corrected chi connectivity index (χ2v) is 5.40. The third kappa shape index (κ3) is 1.28. The van der Waals surface area contributed by atoms with Crippen molar-refractivity contribution in [1.82, 2.24) is 10.2 Å². The number of rotatable bonds is 1. The van der Waals surface area contributed by atoms with Gasteiger partial charge in [0.2, 0.25) is 11.8 Å². The van der Waals surface area contributed by atoms with Gasteiger partial charge in [-0.1, -0.05) is 12.8 Å². The highest BCUT2D eigenvalue weighted by Gasteiger charge is 2.54. The van der Waals surface area contributed by atoms with Crippen LogP contribution < -0.4 is 5.32 Å². The molecule has 4 nitrogen and oxygen atoms in total. The molecule has 16 heavy (non-hydrogen) atoms. The van der Waals surface area contributed by atoms with Crippen molar-refractivity contribution in [2.45, 2.75) is 63.1 Å². The molecule has 1 atom stereocenters. The summed E-state index contributed by atoms with van der Waals surface area (Å²) in [6.45, 7) is 1.84. The molecule has 0 aromatic heterocycles. The summed E-state index contributed by atoms with van der Waals surface area (Å²) < 4.78 is 0. The zero-order chi connectivity index (χ0) is 11.3. The van der Waals surface area contributed by atoms with E-state index in [-0.39, 0.29) is 17.9 Å². The van der Waals surface area contributed by atoms with Gasteiger partial charge in [-0.25, -0.2) is 0 Å². The van der Waals surface area contributed by atoms with Crippen LogP contribution in [-0.2, 0) is 9.59 Å². The Morgan fingerprint density at radius 3 is 2.44 bits per heavy atom. The third-order valence-corrected chi connectivity index (χ3v) is 4.20. The molecular weight excluding hydrogens is 204 g/mol. The first-order chi connectivity index (χ1) is 7.64. The molecule has 3 fully saturated rings. The van der Waals surface area contributed by atoms with Crippen molar-refractivity contribution < 1.29 is 9.59 Å². The summed E-state index contributed by atoms with van der Waals surface area (Å²) in [6, 6.07) is 0.0669. The van der Waals surface area contributed by atoms with Crippen LogP contribution in [0.2, 0.25) is 0 Å². The molecule has 88 valence electrons. The lowest BCUT2D eigenvalue weighted by atomic mass is 9.91. The van der Waals surface area contributed by atoms with Crippen molar-refractivity contribution in [1.29, 1.82) is 0 Å². The summed E-state index contributed by atoms with van der Waals surface area (Å²) in [5.74, 6) is 0.216.